The number of halogens is 3. The van der Waals surface area contributed by atoms with Gasteiger partial charge in [0.1, 0.15) is 0 Å². The van der Waals surface area contributed by atoms with Crippen LogP contribution in [-0.4, -0.2) is 47.8 Å². The highest BCUT2D eigenvalue weighted by molar-refractivity contribution is 6.39. The molecule has 1 aliphatic heterocycles. The monoisotopic (exact) mass is 427 g/mol. The van der Waals surface area contributed by atoms with Gasteiger partial charge in [0.2, 0.25) is 0 Å². The van der Waals surface area contributed by atoms with Crippen molar-refractivity contribution in [1.82, 2.24) is 9.80 Å². The molecule has 1 aliphatic rings. The fourth-order valence-corrected chi connectivity index (χ4v) is 3.50. The predicted octanol–water partition coefficient (Wildman–Crippen LogP) is 3.47. The summed E-state index contributed by atoms with van der Waals surface area (Å²) in [5.41, 5.74) is 7.49. The minimum absolute atomic E-state index is 0. The first-order valence-corrected chi connectivity index (χ1v) is 9.08. The number of nitrogens with two attached hydrogens (primary N) is 1. The lowest BCUT2D eigenvalue weighted by Crippen LogP contribution is -2.50. The van der Waals surface area contributed by atoms with Crippen LogP contribution < -0.4 is 5.73 Å². The third-order valence-corrected chi connectivity index (χ3v) is 5.10. The molecular formula is C19H20Cl3N3O2. The Balaban J connectivity index is 0.00000261. The Morgan fingerprint density at radius 3 is 1.81 bits per heavy atom. The van der Waals surface area contributed by atoms with Crippen LogP contribution in [0.15, 0.2) is 42.5 Å². The summed E-state index contributed by atoms with van der Waals surface area (Å²) < 4.78 is 0. The van der Waals surface area contributed by atoms with E-state index in [0.29, 0.717) is 53.9 Å². The Hall–Kier alpha value is -1.79. The van der Waals surface area contributed by atoms with E-state index in [9.17, 15) is 9.59 Å². The van der Waals surface area contributed by atoms with Crippen molar-refractivity contribution in [2.75, 3.05) is 26.2 Å². The van der Waals surface area contributed by atoms with Gasteiger partial charge in [-0.15, -0.1) is 12.4 Å². The van der Waals surface area contributed by atoms with Crippen LogP contribution in [0.1, 0.15) is 26.3 Å². The van der Waals surface area contributed by atoms with Crippen LogP contribution >= 0.6 is 35.6 Å². The molecule has 5 nitrogen and oxygen atoms in total. The van der Waals surface area contributed by atoms with Crippen molar-refractivity contribution in [2.24, 2.45) is 5.73 Å². The molecule has 0 spiro atoms. The summed E-state index contributed by atoms with van der Waals surface area (Å²) in [6.07, 6.45) is 0. The highest BCUT2D eigenvalue weighted by Crippen LogP contribution is 2.26. The molecule has 0 saturated carbocycles. The number of piperazine rings is 1. The summed E-state index contributed by atoms with van der Waals surface area (Å²) in [4.78, 5) is 28.7. The van der Waals surface area contributed by atoms with E-state index in [1.165, 1.54) is 0 Å². The van der Waals surface area contributed by atoms with Gasteiger partial charge in [-0.05, 0) is 29.8 Å². The number of carbonyl (C=O) groups excluding carboxylic acids is 2. The van der Waals surface area contributed by atoms with Gasteiger partial charge < -0.3 is 15.5 Å². The van der Waals surface area contributed by atoms with Crippen molar-refractivity contribution < 1.29 is 9.59 Å². The molecule has 2 aromatic rings. The van der Waals surface area contributed by atoms with Gasteiger partial charge in [0.05, 0.1) is 15.6 Å². The Morgan fingerprint density at radius 2 is 1.33 bits per heavy atom. The molecule has 1 fully saturated rings. The van der Waals surface area contributed by atoms with Crippen LogP contribution in [0.3, 0.4) is 0 Å². The second-order valence-corrected chi connectivity index (χ2v) is 6.90. The number of nitrogens with zero attached hydrogens (tertiary/aromatic N) is 2. The van der Waals surface area contributed by atoms with Crippen LogP contribution in [0.5, 0.6) is 0 Å². The van der Waals surface area contributed by atoms with Gasteiger partial charge in [-0.2, -0.15) is 0 Å². The zero-order valence-corrected chi connectivity index (χ0v) is 16.9. The number of carbonyl (C=O) groups is 2. The lowest BCUT2D eigenvalue weighted by atomic mass is 10.1. The Bertz CT molecular complexity index is 799. The van der Waals surface area contributed by atoms with E-state index in [1.807, 2.05) is 12.1 Å². The van der Waals surface area contributed by atoms with E-state index < -0.39 is 0 Å². The molecule has 2 aromatic carbocycles. The molecule has 2 N–H and O–H groups in total. The van der Waals surface area contributed by atoms with E-state index >= 15 is 0 Å². The third kappa shape index (κ3) is 4.74. The van der Waals surface area contributed by atoms with E-state index in [1.54, 1.807) is 40.1 Å². The minimum atomic E-state index is -0.208. The van der Waals surface area contributed by atoms with Gasteiger partial charge in [-0.25, -0.2) is 0 Å². The Labute approximate surface area is 174 Å². The summed E-state index contributed by atoms with van der Waals surface area (Å²) in [6.45, 7) is 2.25. The first-order chi connectivity index (χ1) is 12.5. The number of benzene rings is 2. The average molecular weight is 429 g/mol. The van der Waals surface area contributed by atoms with E-state index in [0.717, 1.165) is 5.56 Å². The lowest BCUT2D eigenvalue weighted by molar-refractivity contribution is 0.0535. The third-order valence-electron chi connectivity index (χ3n) is 4.47. The molecule has 1 heterocycles. The second kappa shape index (κ2) is 9.42. The van der Waals surface area contributed by atoms with Crippen LogP contribution in [-0.2, 0) is 6.54 Å². The molecule has 1 saturated heterocycles. The predicted molar refractivity (Wildman–Crippen MR) is 110 cm³/mol. The quantitative estimate of drug-likeness (QED) is 0.814. The molecule has 144 valence electrons. The smallest absolute Gasteiger partial charge is 0.257 e. The summed E-state index contributed by atoms with van der Waals surface area (Å²) in [7, 11) is 0. The molecule has 0 atom stereocenters. The van der Waals surface area contributed by atoms with E-state index in [4.69, 9.17) is 28.9 Å². The minimum Gasteiger partial charge on any atom is -0.335 e. The molecule has 0 bridgehead atoms. The molecule has 3 rings (SSSR count). The zero-order chi connectivity index (χ0) is 18.7. The van der Waals surface area contributed by atoms with E-state index in [2.05, 4.69) is 0 Å². The first kappa shape index (κ1) is 21.5. The van der Waals surface area contributed by atoms with Crippen molar-refractivity contribution in [3.05, 3.63) is 69.2 Å². The zero-order valence-electron chi connectivity index (χ0n) is 14.5. The molecule has 0 radical (unpaired) electrons. The maximum atomic E-state index is 12.7. The van der Waals surface area contributed by atoms with Gasteiger partial charge in [-0.3, -0.25) is 9.59 Å². The standard InChI is InChI=1S/C19H19Cl2N3O2.ClH/c20-15-2-1-3-16(21)17(15)19(26)24-10-8-23(9-11-24)18(25)14-6-4-13(12-22)5-7-14;/h1-7H,8-12,22H2;1H. The average Bonchev–Trinajstić information content (AvgIpc) is 2.67. The van der Waals surface area contributed by atoms with Crippen molar-refractivity contribution in [1.29, 1.82) is 0 Å². The fraction of sp³-hybridized carbons (Fsp3) is 0.263. The first-order valence-electron chi connectivity index (χ1n) is 8.33. The van der Waals surface area contributed by atoms with Gasteiger partial charge in [0.25, 0.3) is 11.8 Å². The molecular weight excluding hydrogens is 409 g/mol. The number of hydrogen-bond donors (Lipinski definition) is 1. The van der Waals surface area contributed by atoms with Crippen molar-refractivity contribution in [2.45, 2.75) is 6.54 Å². The van der Waals surface area contributed by atoms with Crippen molar-refractivity contribution in [3.63, 3.8) is 0 Å². The molecule has 8 heteroatoms. The van der Waals surface area contributed by atoms with Crippen LogP contribution in [0.2, 0.25) is 10.0 Å². The van der Waals surface area contributed by atoms with Crippen LogP contribution in [0, 0.1) is 0 Å². The maximum Gasteiger partial charge on any atom is 0.257 e. The van der Waals surface area contributed by atoms with E-state index in [-0.39, 0.29) is 24.2 Å². The van der Waals surface area contributed by atoms with Crippen molar-refractivity contribution in [3.8, 4) is 0 Å². The SMILES string of the molecule is Cl.NCc1ccc(C(=O)N2CCN(C(=O)c3c(Cl)cccc3Cl)CC2)cc1. The normalized spacial score (nSPS) is 13.9. The van der Waals surface area contributed by atoms with Crippen LogP contribution in [0.4, 0.5) is 0 Å². The molecule has 27 heavy (non-hydrogen) atoms. The second-order valence-electron chi connectivity index (χ2n) is 6.08. The summed E-state index contributed by atoms with van der Waals surface area (Å²) in [5, 5.41) is 0.669. The topological polar surface area (TPSA) is 66.6 Å². The lowest BCUT2D eigenvalue weighted by Gasteiger charge is -2.35. The fourth-order valence-electron chi connectivity index (χ4n) is 2.94. The van der Waals surface area contributed by atoms with Crippen LogP contribution in [0.25, 0.3) is 0 Å². The molecule has 0 aromatic heterocycles. The summed E-state index contributed by atoms with van der Waals surface area (Å²) in [6, 6.07) is 12.3. The largest absolute Gasteiger partial charge is 0.335 e. The summed E-state index contributed by atoms with van der Waals surface area (Å²) >= 11 is 12.2. The van der Waals surface area contributed by atoms with Gasteiger partial charge >= 0.3 is 0 Å². The molecule has 0 unspecified atom stereocenters. The molecule has 2 amide bonds. The van der Waals surface area contributed by atoms with Gasteiger partial charge in [-0.1, -0.05) is 41.4 Å². The number of amides is 2. The number of rotatable bonds is 3. The van der Waals surface area contributed by atoms with Gasteiger partial charge in [0, 0.05) is 38.3 Å². The maximum absolute atomic E-state index is 12.7. The van der Waals surface area contributed by atoms with Crippen molar-refractivity contribution >= 4 is 47.4 Å². The molecule has 0 aliphatic carbocycles. The Kier molecular flexibility index (Phi) is 7.50. The number of hydrogen-bond acceptors (Lipinski definition) is 3. The van der Waals surface area contributed by atoms with Gasteiger partial charge in [0.15, 0.2) is 0 Å². The highest BCUT2D eigenvalue weighted by atomic mass is 35.5. The summed E-state index contributed by atoms with van der Waals surface area (Å²) in [5.74, 6) is -0.253. The highest BCUT2D eigenvalue weighted by Gasteiger charge is 2.27. The Morgan fingerprint density at radius 1 is 0.852 bits per heavy atom.